The molecule has 46 valence electrons. The second-order valence-electron chi connectivity index (χ2n) is 1.66. The molecule has 0 atom stereocenters. The van der Waals surface area contributed by atoms with Gasteiger partial charge in [-0.2, -0.15) is 5.26 Å². The molecule has 3 heteroatoms. The predicted molar refractivity (Wildman–Crippen MR) is 40.0 cm³/mol. The zero-order chi connectivity index (χ0) is 6.69. The summed E-state index contributed by atoms with van der Waals surface area (Å²) in [6, 6.07) is 8.04. The van der Waals surface area contributed by atoms with E-state index in [-0.39, 0.29) is 35.3 Å². The summed E-state index contributed by atoms with van der Waals surface area (Å²) >= 11 is 0. The van der Waals surface area contributed by atoms with E-state index in [1.807, 2.05) is 6.07 Å². The Balaban J connectivity index is 0.000000810. The molecule has 0 saturated carbocycles. The zero-order valence-corrected chi connectivity index (χ0v) is 4.70. The van der Waals surface area contributed by atoms with Gasteiger partial charge in [0.2, 0.25) is 0 Å². The molecule has 0 aliphatic rings. The van der Waals surface area contributed by atoms with Crippen molar-refractivity contribution in [3.8, 4) is 11.8 Å². The van der Waals surface area contributed by atoms with Gasteiger partial charge >= 0.3 is 29.6 Å². The molecular formula is C7H6NNaO. The van der Waals surface area contributed by atoms with Crippen molar-refractivity contribution in [2.45, 2.75) is 0 Å². The number of nitrogens with zero attached hydrogens (tertiary/aromatic N) is 1. The van der Waals surface area contributed by atoms with Gasteiger partial charge in [-0.25, -0.2) is 0 Å². The van der Waals surface area contributed by atoms with Crippen molar-refractivity contribution in [1.82, 2.24) is 0 Å². The van der Waals surface area contributed by atoms with Gasteiger partial charge in [0, 0.05) is 0 Å². The summed E-state index contributed by atoms with van der Waals surface area (Å²) in [5, 5.41) is 17.0. The zero-order valence-electron chi connectivity index (χ0n) is 4.70. The molecule has 0 amide bonds. The topological polar surface area (TPSA) is 44.0 Å². The van der Waals surface area contributed by atoms with Crippen molar-refractivity contribution in [2.75, 3.05) is 0 Å². The third-order valence-electron chi connectivity index (χ3n) is 0.996. The Morgan fingerprint density at radius 2 is 1.70 bits per heavy atom. The Hall–Kier alpha value is -0.490. The molecule has 1 rings (SSSR count). The number of hydrogen-bond donors (Lipinski definition) is 1. The van der Waals surface area contributed by atoms with Gasteiger partial charge in [0.15, 0.2) is 0 Å². The van der Waals surface area contributed by atoms with E-state index >= 15 is 0 Å². The number of benzene rings is 1. The number of phenols is 1. The molecule has 0 aliphatic heterocycles. The molecule has 0 aliphatic carbocycles. The van der Waals surface area contributed by atoms with Gasteiger partial charge < -0.3 is 5.11 Å². The number of hydrogen-bond acceptors (Lipinski definition) is 2. The first-order chi connectivity index (χ1) is 4.33. The third-order valence-corrected chi connectivity index (χ3v) is 0.996. The molecule has 2 nitrogen and oxygen atoms in total. The number of phenolic OH excluding ortho intramolecular Hbond substituents is 1. The quantitative estimate of drug-likeness (QED) is 0.541. The van der Waals surface area contributed by atoms with Crippen LogP contribution in [0.4, 0.5) is 0 Å². The van der Waals surface area contributed by atoms with Crippen molar-refractivity contribution in [3.63, 3.8) is 0 Å². The Kier molecular flexibility index (Phi) is 4.13. The third kappa shape index (κ3) is 2.40. The Bertz CT molecular complexity index is 237. The summed E-state index contributed by atoms with van der Waals surface area (Å²) < 4.78 is 0. The standard InChI is InChI=1S/C7H5NO.Na.H/c8-5-6-1-3-7(9)4-2-6;;/h1-4,9H;;. The van der Waals surface area contributed by atoms with Crippen molar-refractivity contribution >= 4 is 29.6 Å². The van der Waals surface area contributed by atoms with E-state index in [0.717, 1.165) is 0 Å². The van der Waals surface area contributed by atoms with Crippen LogP contribution in [-0.4, -0.2) is 34.7 Å². The fraction of sp³-hybridized carbons (Fsp3) is 0. The fourth-order valence-corrected chi connectivity index (χ4v) is 0.536. The summed E-state index contributed by atoms with van der Waals surface area (Å²) in [6.45, 7) is 0. The van der Waals surface area contributed by atoms with Gasteiger partial charge in [-0.05, 0) is 24.3 Å². The van der Waals surface area contributed by atoms with Crippen LogP contribution >= 0.6 is 0 Å². The summed E-state index contributed by atoms with van der Waals surface area (Å²) in [5.41, 5.74) is 0.563. The van der Waals surface area contributed by atoms with Crippen LogP contribution in [-0.2, 0) is 0 Å². The van der Waals surface area contributed by atoms with Crippen LogP contribution in [0.15, 0.2) is 24.3 Å². The van der Waals surface area contributed by atoms with Crippen LogP contribution < -0.4 is 0 Å². The first kappa shape index (κ1) is 9.51. The average Bonchev–Trinajstić information content (AvgIpc) is 1.90. The van der Waals surface area contributed by atoms with E-state index < -0.39 is 0 Å². The molecular weight excluding hydrogens is 137 g/mol. The molecule has 1 aromatic rings. The van der Waals surface area contributed by atoms with Crippen molar-refractivity contribution in [1.29, 1.82) is 5.26 Å². The summed E-state index contributed by atoms with van der Waals surface area (Å²) in [7, 11) is 0. The van der Waals surface area contributed by atoms with Gasteiger partial charge in [0.25, 0.3) is 0 Å². The Morgan fingerprint density at radius 3 is 2.10 bits per heavy atom. The van der Waals surface area contributed by atoms with Crippen LogP contribution in [0.25, 0.3) is 0 Å². The van der Waals surface area contributed by atoms with Crippen LogP contribution in [0.5, 0.6) is 5.75 Å². The predicted octanol–water partition coefficient (Wildman–Crippen LogP) is 0.615. The van der Waals surface area contributed by atoms with Gasteiger partial charge in [-0.15, -0.1) is 0 Å². The second kappa shape index (κ2) is 4.35. The van der Waals surface area contributed by atoms with Gasteiger partial charge in [-0.1, -0.05) is 0 Å². The minimum absolute atomic E-state index is 0. The van der Waals surface area contributed by atoms with E-state index in [9.17, 15) is 0 Å². The van der Waals surface area contributed by atoms with E-state index in [4.69, 9.17) is 10.4 Å². The average molecular weight is 143 g/mol. The molecule has 0 radical (unpaired) electrons. The Morgan fingerprint density at radius 1 is 1.20 bits per heavy atom. The number of nitriles is 1. The number of aromatic hydroxyl groups is 1. The van der Waals surface area contributed by atoms with Crippen LogP contribution in [0, 0.1) is 11.3 Å². The van der Waals surface area contributed by atoms with Crippen molar-refractivity contribution in [3.05, 3.63) is 29.8 Å². The summed E-state index contributed by atoms with van der Waals surface area (Å²) in [4.78, 5) is 0. The maximum absolute atomic E-state index is 8.74. The van der Waals surface area contributed by atoms with Crippen molar-refractivity contribution in [2.24, 2.45) is 0 Å². The molecule has 0 spiro atoms. The monoisotopic (exact) mass is 143 g/mol. The molecule has 0 fully saturated rings. The first-order valence-electron chi connectivity index (χ1n) is 2.52. The van der Waals surface area contributed by atoms with Crippen molar-refractivity contribution < 1.29 is 5.11 Å². The molecule has 0 heterocycles. The minimum atomic E-state index is 0. The van der Waals surface area contributed by atoms with Gasteiger partial charge in [0.1, 0.15) is 5.75 Å². The molecule has 0 saturated heterocycles. The molecule has 0 unspecified atom stereocenters. The SMILES string of the molecule is N#Cc1ccc(O)cc1.[NaH]. The number of rotatable bonds is 0. The normalized spacial score (nSPS) is 7.50. The van der Waals surface area contributed by atoms with Gasteiger partial charge in [-0.3, -0.25) is 0 Å². The van der Waals surface area contributed by atoms with Crippen LogP contribution in [0.2, 0.25) is 0 Å². The van der Waals surface area contributed by atoms with E-state index in [0.29, 0.717) is 5.56 Å². The molecule has 0 bridgehead atoms. The van der Waals surface area contributed by atoms with E-state index in [1.54, 1.807) is 12.1 Å². The van der Waals surface area contributed by atoms with E-state index in [1.165, 1.54) is 12.1 Å². The maximum atomic E-state index is 8.74. The fourth-order valence-electron chi connectivity index (χ4n) is 0.536. The Labute approximate surface area is 81.4 Å². The molecule has 0 aromatic heterocycles. The molecule has 10 heavy (non-hydrogen) atoms. The van der Waals surface area contributed by atoms with Crippen LogP contribution in [0.3, 0.4) is 0 Å². The first-order valence-corrected chi connectivity index (χ1v) is 2.52. The molecule has 1 aromatic carbocycles. The molecule has 1 N–H and O–H groups in total. The van der Waals surface area contributed by atoms with Crippen LogP contribution in [0.1, 0.15) is 5.56 Å². The summed E-state index contributed by atoms with van der Waals surface area (Å²) in [5.74, 6) is 0.189. The summed E-state index contributed by atoms with van der Waals surface area (Å²) in [6.07, 6.45) is 0. The van der Waals surface area contributed by atoms with Gasteiger partial charge in [0.05, 0.1) is 11.6 Å². The second-order valence-corrected chi connectivity index (χ2v) is 1.66. The van der Waals surface area contributed by atoms with E-state index in [2.05, 4.69) is 0 Å².